The summed E-state index contributed by atoms with van der Waals surface area (Å²) in [5.41, 5.74) is 1.30. The SMILES string of the molecule is CC(=O)N(C)c1ccc(F)cc1NS(=O)(=O)c1ccc2c(c1)CC(=O)N2. The lowest BCUT2D eigenvalue weighted by Crippen LogP contribution is -2.25. The summed E-state index contributed by atoms with van der Waals surface area (Å²) in [6.07, 6.45) is 0.0942. The van der Waals surface area contributed by atoms with Gasteiger partial charge in [0.1, 0.15) is 5.82 Å². The summed E-state index contributed by atoms with van der Waals surface area (Å²) < 4.78 is 41.3. The van der Waals surface area contributed by atoms with Gasteiger partial charge in [-0.25, -0.2) is 12.8 Å². The molecule has 1 aliphatic rings. The Kier molecular flexibility index (Phi) is 4.41. The maximum Gasteiger partial charge on any atom is 0.261 e. The first-order valence-corrected chi connectivity index (χ1v) is 9.15. The van der Waals surface area contributed by atoms with Crippen LogP contribution in [-0.2, 0) is 26.0 Å². The molecule has 3 rings (SSSR count). The van der Waals surface area contributed by atoms with E-state index in [1.54, 1.807) is 0 Å². The summed E-state index contributed by atoms with van der Waals surface area (Å²) in [4.78, 5) is 24.2. The minimum atomic E-state index is -4.04. The molecule has 1 aliphatic heterocycles. The summed E-state index contributed by atoms with van der Waals surface area (Å²) in [6, 6.07) is 7.70. The maximum atomic E-state index is 13.6. The monoisotopic (exact) mass is 377 g/mol. The molecule has 7 nitrogen and oxygen atoms in total. The van der Waals surface area contributed by atoms with Crippen LogP contribution in [0.25, 0.3) is 0 Å². The summed E-state index contributed by atoms with van der Waals surface area (Å²) in [6.45, 7) is 1.31. The van der Waals surface area contributed by atoms with E-state index >= 15 is 0 Å². The fourth-order valence-electron chi connectivity index (χ4n) is 2.63. The zero-order chi connectivity index (χ0) is 19.1. The van der Waals surface area contributed by atoms with Crippen LogP contribution in [0.2, 0.25) is 0 Å². The number of carbonyl (C=O) groups is 2. The third-order valence-corrected chi connectivity index (χ3v) is 5.41. The predicted octanol–water partition coefficient (Wildman–Crippen LogP) is 2.10. The number of amides is 2. The smallest absolute Gasteiger partial charge is 0.261 e. The number of fused-ring (bicyclic) bond motifs is 1. The van der Waals surface area contributed by atoms with Gasteiger partial charge in [-0.15, -0.1) is 0 Å². The molecule has 0 atom stereocenters. The first kappa shape index (κ1) is 17.9. The molecular weight excluding hydrogens is 361 g/mol. The zero-order valence-electron chi connectivity index (χ0n) is 14.0. The minimum absolute atomic E-state index is 0.0580. The largest absolute Gasteiger partial charge is 0.326 e. The van der Waals surface area contributed by atoms with Crippen LogP contribution in [0.4, 0.5) is 21.5 Å². The van der Waals surface area contributed by atoms with Crippen molar-refractivity contribution in [3.8, 4) is 0 Å². The van der Waals surface area contributed by atoms with Gasteiger partial charge in [0.15, 0.2) is 0 Å². The molecule has 2 amide bonds. The highest BCUT2D eigenvalue weighted by Crippen LogP contribution is 2.30. The highest BCUT2D eigenvalue weighted by molar-refractivity contribution is 7.92. The van der Waals surface area contributed by atoms with E-state index < -0.39 is 15.8 Å². The third-order valence-electron chi connectivity index (χ3n) is 4.05. The van der Waals surface area contributed by atoms with Crippen molar-refractivity contribution in [3.05, 3.63) is 47.8 Å². The van der Waals surface area contributed by atoms with E-state index in [0.717, 1.165) is 12.1 Å². The molecule has 136 valence electrons. The Hall–Kier alpha value is -2.94. The molecule has 0 fully saturated rings. The van der Waals surface area contributed by atoms with Crippen molar-refractivity contribution in [2.45, 2.75) is 18.2 Å². The standard InChI is InChI=1S/C17H16FN3O4S/c1-10(22)21(2)16-6-3-12(18)9-15(16)20-26(24,25)13-4-5-14-11(7-13)8-17(23)19-14/h3-7,9,20H,8H2,1-2H3,(H,19,23). The molecule has 0 unspecified atom stereocenters. The number of benzene rings is 2. The van der Waals surface area contributed by atoms with Crippen LogP contribution in [0.1, 0.15) is 12.5 Å². The summed E-state index contributed by atoms with van der Waals surface area (Å²) in [5.74, 6) is -1.19. The van der Waals surface area contributed by atoms with Gasteiger partial charge in [0, 0.05) is 25.7 Å². The zero-order valence-corrected chi connectivity index (χ0v) is 14.9. The van der Waals surface area contributed by atoms with Gasteiger partial charge in [0.25, 0.3) is 10.0 Å². The normalized spacial score (nSPS) is 13.1. The molecule has 0 saturated heterocycles. The van der Waals surface area contributed by atoms with Crippen molar-refractivity contribution < 1.29 is 22.4 Å². The maximum absolute atomic E-state index is 13.6. The topological polar surface area (TPSA) is 95.6 Å². The molecule has 2 aromatic rings. The molecule has 0 saturated carbocycles. The predicted molar refractivity (Wildman–Crippen MR) is 95.1 cm³/mol. The molecule has 2 aromatic carbocycles. The van der Waals surface area contributed by atoms with Crippen molar-refractivity contribution in [1.29, 1.82) is 0 Å². The first-order chi connectivity index (χ1) is 12.2. The van der Waals surface area contributed by atoms with Gasteiger partial charge in [-0.2, -0.15) is 0 Å². The number of hydrogen-bond acceptors (Lipinski definition) is 4. The average molecular weight is 377 g/mol. The highest BCUT2D eigenvalue weighted by Gasteiger charge is 2.23. The minimum Gasteiger partial charge on any atom is -0.326 e. The van der Waals surface area contributed by atoms with E-state index in [9.17, 15) is 22.4 Å². The molecule has 0 spiro atoms. The molecule has 2 N–H and O–H groups in total. The number of sulfonamides is 1. The molecular formula is C17H16FN3O4S. The number of carbonyl (C=O) groups excluding carboxylic acids is 2. The number of hydrogen-bond donors (Lipinski definition) is 2. The Bertz CT molecular complexity index is 1020. The fraction of sp³-hybridized carbons (Fsp3) is 0.176. The van der Waals surface area contributed by atoms with E-state index in [4.69, 9.17) is 0 Å². The summed E-state index contributed by atoms with van der Waals surface area (Å²) >= 11 is 0. The molecule has 0 aliphatic carbocycles. The quantitative estimate of drug-likeness (QED) is 0.853. The van der Waals surface area contributed by atoms with E-state index in [1.807, 2.05) is 0 Å². The highest BCUT2D eigenvalue weighted by atomic mass is 32.2. The Morgan fingerprint density at radius 1 is 1.23 bits per heavy atom. The van der Waals surface area contributed by atoms with Crippen LogP contribution in [0.15, 0.2) is 41.3 Å². The van der Waals surface area contributed by atoms with Crippen molar-refractivity contribution in [3.63, 3.8) is 0 Å². The van der Waals surface area contributed by atoms with Crippen molar-refractivity contribution in [2.24, 2.45) is 0 Å². The average Bonchev–Trinajstić information content (AvgIpc) is 2.93. The van der Waals surface area contributed by atoms with Gasteiger partial charge >= 0.3 is 0 Å². The van der Waals surface area contributed by atoms with Crippen LogP contribution >= 0.6 is 0 Å². The van der Waals surface area contributed by atoms with E-state index in [-0.39, 0.29) is 34.5 Å². The van der Waals surface area contributed by atoms with E-state index in [1.165, 1.54) is 43.1 Å². The number of nitrogens with zero attached hydrogens (tertiary/aromatic N) is 1. The van der Waals surface area contributed by atoms with Crippen LogP contribution in [0.3, 0.4) is 0 Å². The molecule has 1 heterocycles. The van der Waals surface area contributed by atoms with Crippen molar-refractivity contribution in [2.75, 3.05) is 22.0 Å². The number of anilines is 3. The lowest BCUT2D eigenvalue weighted by molar-refractivity contribution is -0.116. The van der Waals surface area contributed by atoms with Gasteiger partial charge < -0.3 is 10.2 Å². The Morgan fingerprint density at radius 2 is 1.96 bits per heavy atom. The summed E-state index contributed by atoms with van der Waals surface area (Å²) in [5, 5.41) is 2.62. The van der Waals surface area contributed by atoms with Crippen LogP contribution < -0.4 is 14.9 Å². The summed E-state index contributed by atoms with van der Waals surface area (Å²) in [7, 11) is -2.59. The van der Waals surface area contributed by atoms with Gasteiger partial charge in [-0.1, -0.05) is 0 Å². The van der Waals surface area contributed by atoms with Gasteiger partial charge in [-0.05, 0) is 35.9 Å². The number of nitrogens with one attached hydrogen (secondary N) is 2. The van der Waals surface area contributed by atoms with E-state index in [0.29, 0.717) is 11.3 Å². The first-order valence-electron chi connectivity index (χ1n) is 7.67. The Morgan fingerprint density at radius 3 is 2.65 bits per heavy atom. The molecule has 0 aromatic heterocycles. The third kappa shape index (κ3) is 3.38. The Balaban J connectivity index is 1.98. The van der Waals surface area contributed by atoms with Gasteiger partial charge in [-0.3, -0.25) is 14.3 Å². The number of rotatable bonds is 4. The van der Waals surface area contributed by atoms with Crippen LogP contribution in [-0.4, -0.2) is 27.3 Å². The fourth-order valence-corrected chi connectivity index (χ4v) is 3.74. The Labute approximate surface area is 149 Å². The lowest BCUT2D eigenvalue weighted by Gasteiger charge is -2.20. The molecule has 0 radical (unpaired) electrons. The molecule has 9 heteroatoms. The second kappa shape index (κ2) is 6.41. The molecule has 0 bridgehead atoms. The number of halogens is 1. The van der Waals surface area contributed by atoms with Crippen molar-refractivity contribution >= 4 is 38.9 Å². The van der Waals surface area contributed by atoms with Crippen LogP contribution in [0, 0.1) is 5.82 Å². The van der Waals surface area contributed by atoms with Gasteiger partial charge in [0.2, 0.25) is 11.8 Å². The van der Waals surface area contributed by atoms with Gasteiger partial charge in [0.05, 0.1) is 22.7 Å². The van der Waals surface area contributed by atoms with Crippen LogP contribution in [0.5, 0.6) is 0 Å². The molecule has 26 heavy (non-hydrogen) atoms. The van der Waals surface area contributed by atoms with E-state index in [2.05, 4.69) is 10.0 Å². The van der Waals surface area contributed by atoms with Crippen molar-refractivity contribution in [1.82, 2.24) is 0 Å². The second-order valence-electron chi connectivity index (χ2n) is 5.89. The lowest BCUT2D eigenvalue weighted by atomic mass is 10.2. The second-order valence-corrected chi connectivity index (χ2v) is 7.57.